The van der Waals surface area contributed by atoms with Gasteiger partial charge in [-0.1, -0.05) is 56.3 Å². The molecule has 146 valence electrons. The van der Waals surface area contributed by atoms with Gasteiger partial charge in [0, 0.05) is 32.7 Å². The SMILES string of the molecule is CC1(C)CC(=O)N(CC(=O)N(C/C=C/c2ccccc2)C[C@H]2CCCO2)C1. The molecule has 1 aromatic carbocycles. The number of hydrogen-bond donors (Lipinski definition) is 0. The van der Waals surface area contributed by atoms with Gasteiger partial charge >= 0.3 is 0 Å². The molecule has 0 spiro atoms. The largest absolute Gasteiger partial charge is 0.376 e. The second-order valence-electron chi connectivity index (χ2n) is 8.34. The number of nitrogens with zero attached hydrogens (tertiary/aromatic N) is 2. The van der Waals surface area contributed by atoms with Crippen molar-refractivity contribution in [3.05, 3.63) is 42.0 Å². The van der Waals surface area contributed by atoms with Crippen molar-refractivity contribution < 1.29 is 14.3 Å². The third-order valence-electron chi connectivity index (χ3n) is 5.16. The Morgan fingerprint density at radius 3 is 2.74 bits per heavy atom. The maximum Gasteiger partial charge on any atom is 0.242 e. The first-order valence-electron chi connectivity index (χ1n) is 9.82. The average molecular weight is 370 g/mol. The second kappa shape index (κ2) is 8.70. The van der Waals surface area contributed by atoms with Gasteiger partial charge in [0.2, 0.25) is 11.8 Å². The number of benzene rings is 1. The molecule has 27 heavy (non-hydrogen) atoms. The normalized spacial score (nSPS) is 21.9. The molecular formula is C22H30N2O3. The number of hydrogen-bond acceptors (Lipinski definition) is 3. The first-order valence-corrected chi connectivity index (χ1v) is 9.82. The van der Waals surface area contributed by atoms with E-state index >= 15 is 0 Å². The van der Waals surface area contributed by atoms with E-state index in [1.54, 1.807) is 4.90 Å². The smallest absolute Gasteiger partial charge is 0.242 e. The monoisotopic (exact) mass is 370 g/mol. The highest BCUT2D eigenvalue weighted by Gasteiger charge is 2.37. The molecule has 2 aliphatic rings. The molecule has 3 rings (SSSR count). The van der Waals surface area contributed by atoms with Crippen LogP contribution >= 0.6 is 0 Å². The quantitative estimate of drug-likeness (QED) is 0.741. The number of likely N-dealkylation sites (tertiary alicyclic amines) is 1. The predicted molar refractivity (Wildman–Crippen MR) is 106 cm³/mol. The highest BCUT2D eigenvalue weighted by atomic mass is 16.5. The van der Waals surface area contributed by atoms with Crippen molar-refractivity contribution in [1.82, 2.24) is 9.80 Å². The van der Waals surface area contributed by atoms with Crippen LogP contribution in [0, 0.1) is 5.41 Å². The molecule has 0 aliphatic carbocycles. The van der Waals surface area contributed by atoms with Crippen LogP contribution in [0.3, 0.4) is 0 Å². The second-order valence-corrected chi connectivity index (χ2v) is 8.34. The predicted octanol–water partition coefficient (Wildman–Crippen LogP) is 2.97. The van der Waals surface area contributed by atoms with Crippen molar-refractivity contribution in [2.75, 3.05) is 32.8 Å². The third-order valence-corrected chi connectivity index (χ3v) is 5.16. The van der Waals surface area contributed by atoms with Gasteiger partial charge < -0.3 is 14.5 Å². The standard InChI is InChI=1S/C22H30N2O3/c1-22(2)14-20(25)24(17-22)16-21(26)23(15-19-11-7-13-27-19)12-6-10-18-8-4-3-5-9-18/h3-6,8-10,19H,7,11-17H2,1-2H3/b10-6+/t19-/m1/s1. The van der Waals surface area contributed by atoms with Crippen LogP contribution in [0.4, 0.5) is 0 Å². The van der Waals surface area contributed by atoms with E-state index in [1.165, 1.54) is 0 Å². The van der Waals surface area contributed by atoms with Crippen molar-refractivity contribution in [3.8, 4) is 0 Å². The molecule has 5 nitrogen and oxygen atoms in total. The molecule has 0 unspecified atom stereocenters. The summed E-state index contributed by atoms with van der Waals surface area (Å²) in [6.07, 6.45) is 6.69. The Balaban J connectivity index is 1.62. The number of carbonyl (C=O) groups is 2. The van der Waals surface area contributed by atoms with E-state index in [2.05, 4.69) is 13.8 Å². The number of amides is 2. The van der Waals surface area contributed by atoms with Crippen molar-refractivity contribution in [2.24, 2.45) is 5.41 Å². The van der Waals surface area contributed by atoms with E-state index in [9.17, 15) is 9.59 Å². The lowest BCUT2D eigenvalue weighted by atomic mass is 9.93. The van der Waals surface area contributed by atoms with Gasteiger partial charge in [-0.05, 0) is 23.8 Å². The zero-order chi connectivity index (χ0) is 19.3. The van der Waals surface area contributed by atoms with E-state index in [1.807, 2.05) is 47.4 Å². The van der Waals surface area contributed by atoms with E-state index in [-0.39, 0.29) is 29.9 Å². The summed E-state index contributed by atoms with van der Waals surface area (Å²) in [5.41, 5.74) is 1.06. The van der Waals surface area contributed by atoms with Gasteiger partial charge in [-0.25, -0.2) is 0 Å². The summed E-state index contributed by atoms with van der Waals surface area (Å²) in [6.45, 7) is 6.83. The van der Waals surface area contributed by atoms with Crippen molar-refractivity contribution in [1.29, 1.82) is 0 Å². The van der Waals surface area contributed by atoms with E-state index in [4.69, 9.17) is 4.74 Å². The molecular weight excluding hydrogens is 340 g/mol. The lowest BCUT2D eigenvalue weighted by Gasteiger charge is -2.27. The van der Waals surface area contributed by atoms with Crippen molar-refractivity contribution in [2.45, 2.75) is 39.2 Å². The lowest BCUT2D eigenvalue weighted by Crippen LogP contribution is -2.44. The fraction of sp³-hybridized carbons (Fsp3) is 0.545. The number of rotatable bonds is 7. The summed E-state index contributed by atoms with van der Waals surface area (Å²) < 4.78 is 5.72. The molecule has 1 atom stereocenters. The van der Waals surface area contributed by atoms with Crippen LogP contribution in [0.15, 0.2) is 36.4 Å². The molecule has 1 aromatic rings. The van der Waals surface area contributed by atoms with Gasteiger partial charge in [-0.3, -0.25) is 9.59 Å². The Bertz CT molecular complexity index is 678. The van der Waals surface area contributed by atoms with Crippen LogP contribution in [-0.2, 0) is 14.3 Å². The molecule has 2 fully saturated rings. The first-order chi connectivity index (χ1) is 12.9. The molecule has 0 bridgehead atoms. The summed E-state index contributed by atoms with van der Waals surface area (Å²) in [6, 6.07) is 10.0. The maximum atomic E-state index is 12.9. The minimum Gasteiger partial charge on any atom is -0.376 e. The minimum atomic E-state index is -0.0516. The first kappa shape index (κ1) is 19.6. The van der Waals surface area contributed by atoms with Crippen molar-refractivity contribution >= 4 is 17.9 Å². The van der Waals surface area contributed by atoms with Crippen LogP contribution < -0.4 is 0 Å². The van der Waals surface area contributed by atoms with E-state index in [0.717, 1.165) is 25.0 Å². The third kappa shape index (κ3) is 5.67. The Kier molecular flexibility index (Phi) is 6.32. The van der Waals surface area contributed by atoms with Crippen LogP contribution in [0.1, 0.15) is 38.7 Å². The maximum absolute atomic E-state index is 12.9. The van der Waals surface area contributed by atoms with Crippen LogP contribution in [0.5, 0.6) is 0 Å². The highest BCUT2D eigenvalue weighted by Crippen LogP contribution is 2.29. The Morgan fingerprint density at radius 1 is 1.33 bits per heavy atom. The molecule has 5 heteroatoms. The molecule has 2 amide bonds. The summed E-state index contributed by atoms with van der Waals surface area (Å²) in [4.78, 5) is 28.7. The van der Waals surface area contributed by atoms with Gasteiger partial charge in [0.05, 0.1) is 12.6 Å². The van der Waals surface area contributed by atoms with Crippen LogP contribution in [-0.4, -0.2) is 60.5 Å². The Morgan fingerprint density at radius 2 is 2.11 bits per heavy atom. The van der Waals surface area contributed by atoms with Gasteiger partial charge in [0.25, 0.3) is 0 Å². The van der Waals surface area contributed by atoms with Gasteiger partial charge in [0.15, 0.2) is 0 Å². The van der Waals surface area contributed by atoms with Gasteiger partial charge in [-0.2, -0.15) is 0 Å². The summed E-state index contributed by atoms with van der Waals surface area (Å²) in [5.74, 6) is 0.0690. The van der Waals surface area contributed by atoms with E-state index < -0.39 is 0 Å². The average Bonchev–Trinajstić information content (AvgIpc) is 3.22. The van der Waals surface area contributed by atoms with E-state index in [0.29, 0.717) is 26.1 Å². The summed E-state index contributed by atoms with van der Waals surface area (Å²) in [5, 5.41) is 0. The summed E-state index contributed by atoms with van der Waals surface area (Å²) >= 11 is 0. The zero-order valence-corrected chi connectivity index (χ0v) is 16.4. The molecule has 2 saturated heterocycles. The Hall–Kier alpha value is -2.14. The van der Waals surface area contributed by atoms with Gasteiger partial charge in [-0.15, -0.1) is 0 Å². The zero-order valence-electron chi connectivity index (χ0n) is 16.4. The topological polar surface area (TPSA) is 49.9 Å². The lowest BCUT2D eigenvalue weighted by molar-refractivity contribution is -0.138. The molecule has 0 N–H and O–H groups in total. The Labute approximate surface area is 162 Å². The number of carbonyl (C=O) groups excluding carboxylic acids is 2. The highest BCUT2D eigenvalue weighted by molar-refractivity contribution is 5.86. The molecule has 0 aromatic heterocycles. The van der Waals surface area contributed by atoms with Crippen LogP contribution in [0.2, 0.25) is 0 Å². The molecule has 0 saturated carbocycles. The van der Waals surface area contributed by atoms with Crippen molar-refractivity contribution in [3.63, 3.8) is 0 Å². The number of ether oxygens (including phenoxy) is 1. The molecule has 2 heterocycles. The van der Waals surface area contributed by atoms with Crippen LogP contribution in [0.25, 0.3) is 6.08 Å². The fourth-order valence-electron chi connectivity index (χ4n) is 3.78. The summed E-state index contributed by atoms with van der Waals surface area (Å²) in [7, 11) is 0. The minimum absolute atomic E-state index is 0.00531. The van der Waals surface area contributed by atoms with Gasteiger partial charge in [0.1, 0.15) is 0 Å². The fourth-order valence-corrected chi connectivity index (χ4v) is 3.78. The molecule has 0 radical (unpaired) electrons. The molecule has 2 aliphatic heterocycles.